The van der Waals surface area contributed by atoms with Crippen molar-refractivity contribution in [1.29, 1.82) is 0 Å². The Labute approximate surface area is 135 Å². The summed E-state index contributed by atoms with van der Waals surface area (Å²) in [6.07, 6.45) is 5.36. The minimum Gasteiger partial charge on any atom is -0.497 e. The largest absolute Gasteiger partial charge is 0.497 e. The zero-order valence-corrected chi connectivity index (χ0v) is 13.4. The average Bonchev–Trinajstić information content (AvgIpc) is 3.44. The number of methoxy groups -OCH3 is 2. The zero-order valence-electron chi connectivity index (χ0n) is 13.4. The van der Waals surface area contributed by atoms with Crippen LogP contribution in [-0.2, 0) is 6.54 Å². The number of nitrogens with zero attached hydrogens (tertiary/aromatic N) is 2. The van der Waals surface area contributed by atoms with Crippen LogP contribution >= 0.6 is 0 Å². The lowest BCUT2D eigenvalue weighted by Crippen LogP contribution is -2.32. The Hall–Kier alpha value is -2.56. The van der Waals surface area contributed by atoms with E-state index in [-0.39, 0.29) is 5.91 Å². The molecule has 0 N–H and O–H groups in total. The van der Waals surface area contributed by atoms with Gasteiger partial charge in [-0.3, -0.25) is 9.78 Å². The van der Waals surface area contributed by atoms with E-state index in [1.165, 1.54) is 0 Å². The van der Waals surface area contributed by atoms with Crippen molar-refractivity contribution in [1.82, 2.24) is 9.88 Å². The van der Waals surface area contributed by atoms with E-state index in [4.69, 9.17) is 9.47 Å². The van der Waals surface area contributed by atoms with Gasteiger partial charge in [-0.1, -0.05) is 0 Å². The summed E-state index contributed by atoms with van der Waals surface area (Å²) in [5.41, 5.74) is 1.55. The van der Waals surface area contributed by atoms with Crippen molar-refractivity contribution in [2.24, 2.45) is 0 Å². The van der Waals surface area contributed by atoms with E-state index in [2.05, 4.69) is 4.98 Å². The molecule has 1 heterocycles. The molecule has 120 valence electrons. The first-order chi connectivity index (χ1) is 11.2. The van der Waals surface area contributed by atoms with Crippen LogP contribution in [0.5, 0.6) is 11.5 Å². The average molecular weight is 312 g/mol. The van der Waals surface area contributed by atoms with Crippen LogP contribution in [0.2, 0.25) is 0 Å². The standard InChI is InChI=1S/C18H20N2O3/c1-22-16-7-8-17(23-2)14(10-16)12-20(15-5-6-15)18(21)13-4-3-9-19-11-13/h3-4,7-11,15H,5-6,12H2,1-2H3. The number of hydrogen-bond acceptors (Lipinski definition) is 4. The van der Waals surface area contributed by atoms with Crippen LogP contribution in [0.25, 0.3) is 0 Å². The van der Waals surface area contributed by atoms with E-state index in [1.807, 2.05) is 23.1 Å². The molecular weight excluding hydrogens is 292 g/mol. The van der Waals surface area contributed by atoms with Crippen molar-refractivity contribution < 1.29 is 14.3 Å². The van der Waals surface area contributed by atoms with Gasteiger partial charge in [0.05, 0.1) is 26.3 Å². The summed E-state index contributed by atoms with van der Waals surface area (Å²) in [6, 6.07) is 9.52. The molecule has 1 aliphatic carbocycles. The molecule has 5 heteroatoms. The van der Waals surface area contributed by atoms with E-state index < -0.39 is 0 Å². The molecule has 1 saturated carbocycles. The summed E-state index contributed by atoms with van der Waals surface area (Å²) < 4.78 is 10.7. The molecule has 1 fully saturated rings. The van der Waals surface area contributed by atoms with E-state index in [0.29, 0.717) is 18.2 Å². The normalized spacial score (nSPS) is 13.5. The van der Waals surface area contributed by atoms with Gasteiger partial charge in [0.15, 0.2) is 0 Å². The minimum atomic E-state index is 0.00507. The highest BCUT2D eigenvalue weighted by Crippen LogP contribution is 2.32. The number of hydrogen-bond donors (Lipinski definition) is 0. The van der Waals surface area contributed by atoms with Crippen molar-refractivity contribution in [3.05, 3.63) is 53.9 Å². The first-order valence-corrected chi connectivity index (χ1v) is 7.65. The summed E-state index contributed by atoms with van der Waals surface area (Å²) >= 11 is 0. The molecule has 2 aromatic rings. The first kappa shape index (κ1) is 15.3. The van der Waals surface area contributed by atoms with Crippen LogP contribution < -0.4 is 9.47 Å². The molecule has 23 heavy (non-hydrogen) atoms. The Bertz CT molecular complexity index is 684. The summed E-state index contributed by atoms with van der Waals surface area (Å²) in [6.45, 7) is 0.499. The second kappa shape index (κ2) is 6.69. The van der Waals surface area contributed by atoms with Gasteiger partial charge in [0.2, 0.25) is 0 Å². The van der Waals surface area contributed by atoms with Gasteiger partial charge >= 0.3 is 0 Å². The summed E-state index contributed by atoms with van der Waals surface area (Å²) in [4.78, 5) is 18.7. The molecule has 0 spiro atoms. The van der Waals surface area contributed by atoms with Gasteiger partial charge in [-0.15, -0.1) is 0 Å². The molecule has 3 rings (SSSR count). The molecule has 0 atom stereocenters. The predicted molar refractivity (Wildman–Crippen MR) is 86.7 cm³/mol. The van der Waals surface area contributed by atoms with Crippen molar-refractivity contribution in [3.8, 4) is 11.5 Å². The lowest BCUT2D eigenvalue weighted by molar-refractivity contribution is 0.0728. The van der Waals surface area contributed by atoms with Crippen LogP contribution in [0.4, 0.5) is 0 Å². The molecule has 1 aromatic carbocycles. The Morgan fingerprint density at radius 2 is 2.09 bits per heavy atom. The van der Waals surface area contributed by atoms with Crippen molar-refractivity contribution in [2.45, 2.75) is 25.4 Å². The molecule has 5 nitrogen and oxygen atoms in total. The Morgan fingerprint density at radius 3 is 2.70 bits per heavy atom. The maximum absolute atomic E-state index is 12.8. The van der Waals surface area contributed by atoms with E-state index in [1.54, 1.807) is 38.7 Å². The van der Waals surface area contributed by atoms with E-state index >= 15 is 0 Å². The van der Waals surface area contributed by atoms with Crippen LogP contribution in [0.1, 0.15) is 28.8 Å². The van der Waals surface area contributed by atoms with Gasteiger partial charge in [0.25, 0.3) is 5.91 Å². The second-order valence-corrected chi connectivity index (χ2v) is 5.58. The predicted octanol–water partition coefficient (Wildman–Crippen LogP) is 2.90. The number of carbonyl (C=O) groups is 1. The molecule has 0 saturated heterocycles. The summed E-state index contributed by atoms with van der Waals surface area (Å²) in [5, 5.41) is 0. The maximum Gasteiger partial charge on any atom is 0.255 e. The highest BCUT2D eigenvalue weighted by atomic mass is 16.5. The first-order valence-electron chi connectivity index (χ1n) is 7.65. The molecule has 0 unspecified atom stereocenters. The summed E-state index contributed by atoms with van der Waals surface area (Å²) in [5.74, 6) is 1.52. The monoisotopic (exact) mass is 312 g/mol. The number of ether oxygens (including phenoxy) is 2. The highest BCUT2D eigenvalue weighted by molar-refractivity contribution is 5.94. The topological polar surface area (TPSA) is 51.7 Å². The lowest BCUT2D eigenvalue weighted by atomic mass is 10.1. The number of carbonyl (C=O) groups excluding carboxylic acids is 1. The van der Waals surface area contributed by atoms with Crippen molar-refractivity contribution >= 4 is 5.91 Å². The van der Waals surface area contributed by atoms with Gasteiger partial charge < -0.3 is 14.4 Å². The highest BCUT2D eigenvalue weighted by Gasteiger charge is 2.33. The molecule has 0 radical (unpaired) electrons. The van der Waals surface area contributed by atoms with Crippen molar-refractivity contribution in [3.63, 3.8) is 0 Å². The number of rotatable bonds is 6. The smallest absolute Gasteiger partial charge is 0.255 e. The Kier molecular flexibility index (Phi) is 4.46. The Morgan fingerprint density at radius 1 is 1.26 bits per heavy atom. The zero-order chi connectivity index (χ0) is 16.2. The fraction of sp³-hybridized carbons (Fsp3) is 0.333. The van der Waals surface area contributed by atoms with E-state index in [9.17, 15) is 4.79 Å². The van der Waals surface area contributed by atoms with Gasteiger partial charge in [-0.25, -0.2) is 0 Å². The quantitative estimate of drug-likeness (QED) is 0.823. The third-order valence-electron chi connectivity index (χ3n) is 3.99. The fourth-order valence-electron chi connectivity index (χ4n) is 2.60. The van der Waals surface area contributed by atoms with Gasteiger partial charge in [-0.2, -0.15) is 0 Å². The molecule has 1 aliphatic rings. The lowest BCUT2D eigenvalue weighted by Gasteiger charge is -2.24. The number of aromatic nitrogens is 1. The van der Waals surface area contributed by atoms with Crippen LogP contribution in [0.15, 0.2) is 42.7 Å². The molecule has 0 bridgehead atoms. The van der Waals surface area contributed by atoms with Crippen molar-refractivity contribution in [2.75, 3.05) is 14.2 Å². The molecule has 0 aliphatic heterocycles. The minimum absolute atomic E-state index is 0.00507. The SMILES string of the molecule is COc1ccc(OC)c(CN(C(=O)c2cccnc2)C2CC2)c1. The van der Waals surface area contributed by atoms with Crippen LogP contribution in [0.3, 0.4) is 0 Å². The number of pyridine rings is 1. The van der Waals surface area contributed by atoms with Gasteiger partial charge in [0, 0.05) is 24.0 Å². The molecule has 1 aromatic heterocycles. The van der Waals surface area contributed by atoms with Gasteiger partial charge in [0.1, 0.15) is 11.5 Å². The van der Waals surface area contributed by atoms with E-state index in [0.717, 1.165) is 29.9 Å². The Balaban J connectivity index is 1.87. The summed E-state index contributed by atoms with van der Waals surface area (Å²) in [7, 11) is 3.26. The van der Waals surface area contributed by atoms with Crippen LogP contribution in [-0.4, -0.2) is 36.1 Å². The molecular formula is C18H20N2O3. The number of amides is 1. The number of benzene rings is 1. The molecule has 1 amide bonds. The second-order valence-electron chi connectivity index (χ2n) is 5.58. The fourth-order valence-corrected chi connectivity index (χ4v) is 2.60. The van der Waals surface area contributed by atoms with Crippen LogP contribution in [0, 0.1) is 0 Å². The maximum atomic E-state index is 12.8. The van der Waals surface area contributed by atoms with Gasteiger partial charge in [-0.05, 0) is 43.2 Å². The third kappa shape index (κ3) is 3.44. The third-order valence-corrected chi connectivity index (χ3v) is 3.99.